The molecule has 2 aromatic rings. The minimum Gasteiger partial charge on any atom is -0.347 e. The molecule has 0 saturated carbocycles. The number of rotatable bonds is 5. The van der Waals surface area contributed by atoms with Gasteiger partial charge in [0.15, 0.2) is 5.84 Å². The summed E-state index contributed by atoms with van der Waals surface area (Å²) in [5.41, 5.74) is 3.35. The Labute approximate surface area is 181 Å². The second-order valence-corrected chi connectivity index (χ2v) is 9.03. The van der Waals surface area contributed by atoms with Crippen molar-refractivity contribution in [1.29, 1.82) is 0 Å². The lowest BCUT2D eigenvalue weighted by Crippen LogP contribution is -2.30. The summed E-state index contributed by atoms with van der Waals surface area (Å²) in [7, 11) is 2.21. The van der Waals surface area contributed by atoms with Gasteiger partial charge in [-0.2, -0.15) is 0 Å². The van der Waals surface area contributed by atoms with Gasteiger partial charge in [0.05, 0.1) is 16.4 Å². The van der Waals surface area contributed by atoms with Crippen molar-refractivity contribution >= 4 is 34.1 Å². The Kier molecular flexibility index (Phi) is 5.34. The van der Waals surface area contributed by atoms with Gasteiger partial charge in [-0.25, -0.2) is 14.4 Å². The van der Waals surface area contributed by atoms with Gasteiger partial charge in [-0.15, -0.1) is 0 Å². The first kappa shape index (κ1) is 19.7. The maximum absolute atomic E-state index is 13.5. The molecule has 1 aliphatic carbocycles. The zero-order chi connectivity index (χ0) is 20.7. The summed E-state index contributed by atoms with van der Waals surface area (Å²) in [6.07, 6.45) is 10.6. The molecule has 1 saturated heterocycles. The number of hydrogen-bond acceptors (Lipinski definition) is 3. The largest absolute Gasteiger partial charge is 0.347 e. The van der Waals surface area contributed by atoms with Crippen molar-refractivity contribution in [2.24, 2.45) is 15.9 Å². The van der Waals surface area contributed by atoms with E-state index in [0.717, 1.165) is 34.6 Å². The second-order valence-electron chi connectivity index (χ2n) is 8.63. The molecule has 0 amide bonds. The number of likely N-dealkylation sites (tertiary alicyclic amines) is 1. The van der Waals surface area contributed by atoms with Crippen LogP contribution in [0.3, 0.4) is 0 Å². The smallest absolute Gasteiger partial charge is 0.161 e. The Hall–Kier alpha value is -2.24. The Morgan fingerprint density at radius 3 is 2.83 bits per heavy atom. The van der Waals surface area contributed by atoms with Crippen LogP contribution >= 0.6 is 11.6 Å². The maximum atomic E-state index is 13.5. The van der Waals surface area contributed by atoms with E-state index < -0.39 is 0 Å². The number of allylic oxidation sites excluding steroid dienone is 4. The molecule has 0 bridgehead atoms. The van der Waals surface area contributed by atoms with Gasteiger partial charge in [0.2, 0.25) is 0 Å². The lowest BCUT2D eigenvalue weighted by molar-refractivity contribution is 0.209. The highest BCUT2D eigenvalue weighted by Crippen LogP contribution is 2.31. The topological polar surface area (TPSA) is 32.9 Å². The van der Waals surface area contributed by atoms with E-state index in [4.69, 9.17) is 11.6 Å². The third-order valence-corrected chi connectivity index (χ3v) is 6.78. The quantitative estimate of drug-likeness (QED) is 0.600. The molecule has 4 nitrogen and oxygen atoms in total. The summed E-state index contributed by atoms with van der Waals surface area (Å²) in [6, 6.07) is 6.19. The molecule has 156 valence electrons. The van der Waals surface area contributed by atoms with E-state index >= 15 is 0 Å². The number of hydrogen-bond donors (Lipinski definition) is 0. The summed E-state index contributed by atoms with van der Waals surface area (Å²) in [5.74, 6) is 1.24. The SMILES string of the molecule is CN1CCC(CCCn2ccc3cc(C4=NC5=CC=C(F)CC5=N4)c(Cl)cc32)CC1. The van der Waals surface area contributed by atoms with Crippen molar-refractivity contribution in [3.05, 3.63) is 58.7 Å². The van der Waals surface area contributed by atoms with E-state index in [2.05, 4.69) is 44.8 Å². The van der Waals surface area contributed by atoms with Crippen LogP contribution in [0.4, 0.5) is 4.39 Å². The molecular weight excluding hydrogens is 399 g/mol. The highest BCUT2D eigenvalue weighted by atomic mass is 35.5. The first-order chi connectivity index (χ1) is 14.6. The Morgan fingerprint density at radius 2 is 2.00 bits per heavy atom. The van der Waals surface area contributed by atoms with E-state index in [1.54, 1.807) is 6.08 Å². The molecule has 30 heavy (non-hydrogen) atoms. The monoisotopic (exact) mass is 424 g/mol. The van der Waals surface area contributed by atoms with Crippen LogP contribution in [0.25, 0.3) is 10.9 Å². The van der Waals surface area contributed by atoms with Crippen LogP contribution < -0.4 is 0 Å². The molecule has 3 heterocycles. The molecule has 1 fully saturated rings. The molecular formula is C24H26ClFN4. The van der Waals surface area contributed by atoms with E-state index in [-0.39, 0.29) is 12.2 Å². The van der Waals surface area contributed by atoms with Gasteiger partial charge < -0.3 is 9.47 Å². The van der Waals surface area contributed by atoms with Crippen LogP contribution in [0.2, 0.25) is 5.02 Å². The molecule has 1 aromatic heterocycles. The molecule has 0 atom stereocenters. The number of aliphatic imine (C=N–C) groups is 2. The summed E-state index contributed by atoms with van der Waals surface area (Å²) < 4.78 is 15.8. The van der Waals surface area contributed by atoms with Gasteiger partial charge in [-0.05, 0) is 82.1 Å². The van der Waals surface area contributed by atoms with Gasteiger partial charge in [0, 0.05) is 35.6 Å². The molecule has 5 rings (SSSR count). The van der Waals surface area contributed by atoms with Crippen LogP contribution in [0.15, 0.2) is 58.1 Å². The zero-order valence-corrected chi connectivity index (χ0v) is 18.0. The Balaban J connectivity index is 1.31. The third-order valence-electron chi connectivity index (χ3n) is 6.47. The van der Waals surface area contributed by atoms with E-state index in [1.807, 2.05) is 6.07 Å². The average Bonchev–Trinajstić information content (AvgIpc) is 3.32. The van der Waals surface area contributed by atoms with E-state index in [1.165, 1.54) is 44.8 Å². The van der Waals surface area contributed by atoms with Crippen molar-refractivity contribution < 1.29 is 4.39 Å². The summed E-state index contributed by atoms with van der Waals surface area (Å²) in [5, 5.41) is 1.76. The number of halogens is 2. The van der Waals surface area contributed by atoms with Crippen LogP contribution in [0.1, 0.15) is 37.7 Å². The second kappa shape index (κ2) is 8.12. The predicted octanol–water partition coefficient (Wildman–Crippen LogP) is 5.76. The predicted molar refractivity (Wildman–Crippen MR) is 122 cm³/mol. The van der Waals surface area contributed by atoms with Crippen molar-refractivity contribution in [3.8, 4) is 0 Å². The number of aryl methyl sites for hydroxylation is 1. The van der Waals surface area contributed by atoms with Gasteiger partial charge in [-0.3, -0.25) is 0 Å². The number of piperidine rings is 1. The maximum Gasteiger partial charge on any atom is 0.161 e. The van der Waals surface area contributed by atoms with Crippen LogP contribution in [0.5, 0.6) is 0 Å². The highest BCUT2D eigenvalue weighted by molar-refractivity contribution is 6.36. The minimum atomic E-state index is -0.187. The summed E-state index contributed by atoms with van der Waals surface area (Å²) in [4.78, 5) is 11.5. The van der Waals surface area contributed by atoms with Crippen molar-refractivity contribution in [3.63, 3.8) is 0 Å². The molecule has 2 aliphatic heterocycles. The van der Waals surface area contributed by atoms with Crippen LogP contribution in [-0.2, 0) is 6.54 Å². The Morgan fingerprint density at radius 1 is 1.17 bits per heavy atom. The first-order valence-corrected chi connectivity index (χ1v) is 11.1. The molecule has 1 aromatic carbocycles. The number of nitrogens with zero attached hydrogens (tertiary/aromatic N) is 4. The first-order valence-electron chi connectivity index (χ1n) is 10.8. The average molecular weight is 425 g/mol. The van der Waals surface area contributed by atoms with Crippen molar-refractivity contribution in [2.75, 3.05) is 20.1 Å². The molecule has 3 aliphatic rings. The number of amidine groups is 1. The van der Waals surface area contributed by atoms with E-state index in [0.29, 0.717) is 16.6 Å². The standard InChI is InChI=1S/C24H26ClFN4/c1-29-10-6-16(7-11-29)3-2-9-30-12-8-17-13-19(20(25)15-23(17)30)24-27-21-5-4-18(26)14-22(21)28-24/h4-5,8,12-13,15-16H,2-3,6-7,9-11,14H2,1H3. The number of benzene rings is 1. The molecule has 0 N–H and O–H groups in total. The van der Waals surface area contributed by atoms with Crippen LogP contribution in [0, 0.1) is 5.92 Å². The number of fused-ring (bicyclic) bond motifs is 2. The van der Waals surface area contributed by atoms with Crippen LogP contribution in [-0.4, -0.2) is 41.2 Å². The van der Waals surface area contributed by atoms with E-state index in [9.17, 15) is 4.39 Å². The normalized spacial score (nSPS) is 20.1. The Bertz CT molecular complexity index is 1100. The fourth-order valence-corrected chi connectivity index (χ4v) is 4.88. The molecule has 0 unspecified atom stereocenters. The minimum absolute atomic E-state index is 0.187. The fourth-order valence-electron chi connectivity index (χ4n) is 4.64. The lowest BCUT2D eigenvalue weighted by atomic mass is 9.92. The van der Waals surface area contributed by atoms with Crippen molar-refractivity contribution in [1.82, 2.24) is 9.47 Å². The lowest BCUT2D eigenvalue weighted by Gasteiger charge is -2.28. The summed E-state index contributed by atoms with van der Waals surface area (Å²) >= 11 is 6.63. The molecule has 0 radical (unpaired) electrons. The van der Waals surface area contributed by atoms with Gasteiger partial charge in [0.25, 0.3) is 0 Å². The third kappa shape index (κ3) is 3.88. The molecule has 0 spiro atoms. The van der Waals surface area contributed by atoms with Crippen molar-refractivity contribution in [2.45, 2.75) is 38.6 Å². The zero-order valence-electron chi connectivity index (χ0n) is 17.2. The van der Waals surface area contributed by atoms with Gasteiger partial charge in [-0.1, -0.05) is 11.6 Å². The van der Waals surface area contributed by atoms with Gasteiger partial charge in [0.1, 0.15) is 5.83 Å². The van der Waals surface area contributed by atoms with Gasteiger partial charge >= 0.3 is 0 Å². The highest BCUT2D eigenvalue weighted by Gasteiger charge is 2.23. The fraction of sp³-hybridized carbons (Fsp3) is 0.417. The summed E-state index contributed by atoms with van der Waals surface area (Å²) in [6.45, 7) is 3.46. The molecule has 6 heteroatoms. The number of aromatic nitrogens is 1.